The number of non-ortho nitro benzene ring substituents is 1. The van der Waals surface area contributed by atoms with Crippen LogP contribution < -0.4 is 10.6 Å². The van der Waals surface area contributed by atoms with Gasteiger partial charge in [-0.2, -0.15) is 0 Å². The van der Waals surface area contributed by atoms with Gasteiger partial charge in [-0.3, -0.25) is 19.7 Å². The lowest BCUT2D eigenvalue weighted by molar-refractivity contribution is -0.384. The smallest absolute Gasteiger partial charge is 0.269 e. The van der Waals surface area contributed by atoms with Crippen LogP contribution in [0, 0.1) is 16.0 Å². The van der Waals surface area contributed by atoms with Gasteiger partial charge in [0.05, 0.1) is 16.9 Å². The van der Waals surface area contributed by atoms with Gasteiger partial charge in [-0.05, 0) is 12.5 Å². The average Bonchev–Trinajstić information content (AvgIpc) is 2.85. The number of nitro groups is 1. The van der Waals surface area contributed by atoms with Crippen LogP contribution >= 0.6 is 0 Å². The molecule has 7 nitrogen and oxygen atoms in total. The highest BCUT2D eigenvalue weighted by Crippen LogP contribution is 2.20. The second-order valence-electron chi connectivity index (χ2n) is 4.79. The normalized spacial score (nSPS) is 19.2. The number of rotatable bonds is 4. The topological polar surface area (TPSA) is 101 Å². The molecule has 1 aromatic rings. The first-order valence-electron chi connectivity index (χ1n) is 6.29. The van der Waals surface area contributed by atoms with Gasteiger partial charge in [0, 0.05) is 25.1 Å². The summed E-state index contributed by atoms with van der Waals surface area (Å²) < 4.78 is 0. The Morgan fingerprint density at radius 1 is 1.55 bits per heavy atom. The quantitative estimate of drug-likeness (QED) is 0.630. The Balaban J connectivity index is 2.02. The van der Waals surface area contributed by atoms with Crippen molar-refractivity contribution in [3.63, 3.8) is 0 Å². The first-order valence-corrected chi connectivity index (χ1v) is 6.29. The molecule has 2 N–H and O–H groups in total. The van der Waals surface area contributed by atoms with Gasteiger partial charge >= 0.3 is 0 Å². The van der Waals surface area contributed by atoms with E-state index in [1.807, 2.05) is 0 Å². The molecule has 0 aliphatic carbocycles. The minimum absolute atomic E-state index is 0.0127. The monoisotopic (exact) mass is 277 g/mol. The lowest BCUT2D eigenvalue weighted by Crippen LogP contribution is -2.33. The number of amides is 2. The maximum atomic E-state index is 12.0. The van der Waals surface area contributed by atoms with E-state index in [0.717, 1.165) is 0 Å². The second kappa shape index (κ2) is 5.68. The molecule has 20 heavy (non-hydrogen) atoms. The first-order chi connectivity index (χ1) is 9.47. The minimum Gasteiger partial charge on any atom is -0.355 e. The number of hydrogen-bond acceptors (Lipinski definition) is 4. The molecule has 1 heterocycles. The van der Waals surface area contributed by atoms with Crippen LogP contribution in [-0.2, 0) is 9.59 Å². The zero-order chi connectivity index (χ0) is 14.7. The van der Waals surface area contributed by atoms with E-state index in [9.17, 15) is 19.7 Å². The molecule has 2 atom stereocenters. The molecule has 0 spiro atoms. The van der Waals surface area contributed by atoms with Gasteiger partial charge in [0.25, 0.3) is 5.69 Å². The number of benzene rings is 1. The fourth-order valence-corrected chi connectivity index (χ4v) is 2.11. The molecule has 106 valence electrons. The molecule has 1 aromatic carbocycles. The molecule has 0 saturated carbocycles. The third-order valence-electron chi connectivity index (χ3n) is 3.29. The fraction of sp³-hybridized carbons (Fsp3) is 0.385. The number of nitro benzene ring substituents is 1. The first kappa shape index (κ1) is 14.0. The van der Waals surface area contributed by atoms with E-state index in [2.05, 4.69) is 10.6 Å². The predicted octanol–water partition coefficient (Wildman–Crippen LogP) is 0.908. The molecule has 1 aliphatic heterocycles. The van der Waals surface area contributed by atoms with Crippen molar-refractivity contribution in [2.45, 2.75) is 19.4 Å². The Morgan fingerprint density at radius 2 is 2.30 bits per heavy atom. The van der Waals surface area contributed by atoms with Gasteiger partial charge < -0.3 is 10.6 Å². The van der Waals surface area contributed by atoms with Gasteiger partial charge in [0.2, 0.25) is 11.8 Å². The van der Waals surface area contributed by atoms with E-state index in [-0.39, 0.29) is 35.9 Å². The number of carbonyl (C=O) groups excluding carboxylic acids is 2. The summed E-state index contributed by atoms with van der Waals surface area (Å²) in [6.45, 7) is 2.09. The second-order valence-corrected chi connectivity index (χ2v) is 4.79. The summed E-state index contributed by atoms with van der Waals surface area (Å²) >= 11 is 0. The Kier molecular flexibility index (Phi) is 3.97. The van der Waals surface area contributed by atoms with Crippen molar-refractivity contribution in [3.8, 4) is 0 Å². The van der Waals surface area contributed by atoms with E-state index >= 15 is 0 Å². The average molecular weight is 277 g/mol. The Morgan fingerprint density at radius 3 is 2.90 bits per heavy atom. The summed E-state index contributed by atoms with van der Waals surface area (Å²) in [5.74, 6) is -0.723. The molecule has 1 aliphatic rings. The predicted molar refractivity (Wildman–Crippen MR) is 70.8 cm³/mol. The van der Waals surface area contributed by atoms with Crippen molar-refractivity contribution in [2.75, 3.05) is 6.54 Å². The number of nitrogens with one attached hydrogen (secondary N) is 2. The van der Waals surface area contributed by atoms with E-state index < -0.39 is 4.92 Å². The SMILES string of the molecule is CC(NC(=O)C1CNC(=O)C1)c1cccc([N+](=O)[O-])c1. The zero-order valence-corrected chi connectivity index (χ0v) is 11.0. The largest absolute Gasteiger partial charge is 0.355 e. The molecular weight excluding hydrogens is 262 g/mol. The van der Waals surface area contributed by atoms with Crippen LogP contribution in [0.2, 0.25) is 0 Å². The van der Waals surface area contributed by atoms with Gasteiger partial charge in [-0.25, -0.2) is 0 Å². The summed E-state index contributed by atoms with van der Waals surface area (Å²) in [4.78, 5) is 33.3. The van der Waals surface area contributed by atoms with Crippen LogP contribution in [0.1, 0.15) is 24.9 Å². The van der Waals surface area contributed by atoms with Gasteiger partial charge in [0.15, 0.2) is 0 Å². The maximum absolute atomic E-state index is 12.0. The summed E-state index contributed by atoms with van der Waals surface area (Å²) in [5.41, 5.74) is 0.645. The molecular formula is C13H15N3O4. The molecule has 1 saturated heterocycles. The van der Waals surface area contributed by atoms with Crippen LogP contribution in [0.3, 0.4) is 0 Å². The molecule has 2 rings (SSSR count). The van der Waals surface area contributed by atoms with Crippen molar-refractivity contribution < 1.29 is 14.5 Å². The van der Waals surface area contributed by atoms with Crippen LogP contribution in [0.4, 0.5) is 5.69 Å². The van der Waals surface area contributed by atoms with Gasteiger partial charge in [0.1, 0.15) is 0 Å². The van der Waals surface area contributed by atoms with Crippen molar-refractivity contribution in [1.29, 1.82) is 0 Å². The van der Waals surface area contributed by atoms with Gasteiger partial charge in [-0.1, -0.05) is 12.1 Å². The molecule has 0 bridgehead atoms. The fourth-order valence-electron chi connectivity index (χ4n) is 2.11. The third kappa shape index (κ3) is 3.11. The van der Waals surface area contributed by atoms with Crippen LogP contribution in [0.15, 0.2) is 24.3 Å². The zero-order valence-electron chi connectivity index (χ0n) is 11.0. The van der Waals surface area contributed by atoms with Crippen molar-refractivity contribution >= 4 is 17.5 Å². The van der Waals surface area contributed by atoms with Crippen LogP contribution in [0.5, 0.6) is 0 Å². The lowest BCUT2D eigenvalue weighted by Gasteiger charge is -2.16. The van der Waals surface area contributed by atoms with Gasteiger partial charge in [-0.15, -0.1) is 0 Å². The summed E-state index contributed by atoms with van der Waals surface area (Å²) in [6, 6.07) is 5.78. The van der Waals surface area contributed by atoms with Crippen molar-refractivity contribution in [3.05, 3.63) is 39.9 Å². The standard InChI is InChI=1S/C13H15N3O4/c1-8(9-3-2-4-11(5-9)16(19)20)15-13(18)10-6-12(17)14-7-10/h2-5,8,10H,6-7H2,1H3,(H,14,17)(H,15,18). The summed E-state index contributed by atoms with van der Waals surface area (Å²) in [6.07, 6.45) is 0.188. The Labute approximate surface area is 115 Å². The molecule has 2 unspecified atom stereocenters. The van der Waals surface area contributed by atoms with E-state index in [4.69, 9.17) is 0 Å². The number of nitrogens with zero attached hydrogens (tertiary/aromatic N) is 1. The molecule has 7 heteroatoms. The lowest BCUT2D eigenvalue weighted by atomic mass is 10.0. The van der Waals surface area contributed by atoms with Crippen molar-refractivity contribution in [2.24, 2.45) is 5.92 Å². The molecule has 0 aromatic heterocycles. The van der Waals surface area contributed by atoms with Crippen LogP contribution in [-0.4, -0.2) is 23.3 Å². The highest BCUT2D eigenvalue weighted by molar-refractivity contribution is 5.89. The number of carbonyl (C=O) groups is 2. The Bertz CT molecular complexity index is 558. The van der Waals surface area contributed by atoms with E-state index in [1.54, 1.807) is 19.1 Å². The molecule has 0 radical (unpaired) electrons. The van der Waals surface area contributed by atoms with Crippen LogP contribution in [0.25, 0.3) is 0 Å². The maximum Gasteiger partial charge on any atom is 0.269 e. The molecule has 1 fully saturated rings. The molecule has 2 amide bonds. The highest BCUT2D eigenvalue weighted by Gasteiger charge is 2.28. The van der Waals surface area contributed by atoms with Crippen molar-refractivity contribution in [1.82, 2.24) is 10.6 Å². The highest BCUT2D eigenvalue weighted by atomic mass is 16.6. The Hall–Kier alpha value is -2.44. The van der Waals surface area contributed by atoms with E-state index in [0.29, 0.717) is 12.1 Å². The summed E-state index contributed by atoms with van der Waals surface area (Å²) in [5, 5.41) is 16.1. The number of hydrogen-bond donors (Lipinski definition) is 2. The minimum atomic E-state index is -0.475. The third-order valence-corrected chi connectivity index (χ3v) is 3.29. The van der Waals surface area contributed by atoms with E-state index in [1.165, 1.54) is 12.1 Å². The summed E-state index contributed by atoms with van der Waals surface area (Å²) in [7, 11) is 0.